The van der Waals surface area contributed by atoms with Gasteiger partial charge in [0.1, 0.15) is 6.10 Å². The maximum absolute atomic E-state index is 12.7. The number of esters is 1. The Morgan fingerprint density at radius 3 is 2.19 bits per heavy atom. The number of ether oxygens (including phenoxy) is 1. The lowest BCUT2D eigenvalue weighted by Crippen LogP contribution is -2.24. The molecule has 0 bridgehead atoms. The monoisotopic (exact) mass is 438 g/mol. The Balaban J connectivity index is 1.36. The van der Waals surface area contributed by atoms with Crippen molar-refractivity contribution < 1.29 is 9.53 Å². The highest BCUT2D eigenvalue weighted by molar-refractivity contribution is 5.90. The van der Waals surface area contributed by atoms with E-state index in [1.807, 2.05) is 12.1 Å². The molecule has 3 rings (SSSR count). The molecule has 0 N–H and O–H groups in total. The van der Waals surface area contributed by atoms with Crippen LogP contribution in [-0.4, -0.2) is 12.1 Å². The Morgan fingerprint density at radius 2 is 1.53 bits per heavy atom. The van der Waals surface area contributed by atoms with Crippen molar-refractivity contribution in [3.8, 4) is 0 Å². The predicted molar refractivity (Wildman–Crippen MR) is 136 cm³/mol. The zero-order valence-electron chi connectivity index (χ0n) is 20.7. The van der Waals surface area contributed by atoms with E-state index in [9.17, 15) is 4.79 Å². The average molecular weight is 439 g/mol. The summed E-state index contributed by atoms with van der Waals surface area (Å²) in [6, 6.07) is 8.14. The highest BCUT2D eigenvalue weighted by Gasteiger charge is 2.24. The van der Waals surface area contributed by atoms with Crippen molar-refractivity contribution in [2.75, 3.05) is 0 Å². The second kappa shape index (κ2) is 13.9. The molecule has 2 aliphatic carbocycles. The largest absolute Gasteiger partial charge is 0.459 e. The van der Waals surface area contributed by atoms with Crippen LogP contribution in [0.3, 0.4) is 0 Å². The number of carbonyl (C=O) groups is 1. The summed E-state index contributed by atoms with van der Waals surface area (Å²) in [5, 5.41) is 0. The molecule has 1 unspecified atom stereocenters. The summed E-state index contributed by atoms with van der Waals surface area (Å²) in [4.78, 5) is 12.7. The molecule has 0 aromatic heterocycles. The Kier molecular flexibility index (Phi) is 10.9. The first-order valence-corrected chi connectivity index (χ1v) is 13.7. The minimum atomic E-state index is -0.142. The van der Waals surface area contributed by atoms with E-state index in [0.29, 0.717) is 5.56 Å². The number of allylic oxidation sites excluding steroid dienone is 2. The van der Waals surface area contributed by atoms with Crippen LogP contribution in [0.2, 0.25) is 0 Å². The quantitative estimate of drug-likeness (QED) is 0.240. The Labute approximate surface area is 197 Å². The molecular formula is C30H46O2. The molecule has 0 amide bonds. The minimum Gasteiger partial charge on any atom is -0.459 e. The lowest BCUT2D eigenvalue weighted by atomic mass is 9.84. The molecule has 1 aromatic carbocycles. The summed E-state index contributed by atoms with van der Waals surface area (Å²) in [5.74, 6) is 1.56. The van der Waals surface area contributed by atoms with E-state index in [4.69, 9.17) is 4.74 Å². The SMILES string of the molecule is CCCCCCCC[C@H]1CC[C@H](OC(=O)c2ccc(C3=CCC(CCC)CC3)cc2)CC1. The molecule has 0 saturated heterocycles. The number of carbonyl (C=O) groups excluding carboxylic acids is 1. The first-order chi connectivity index (χ1) is 15.7. The van der Waals surface area contributed by atoms with Gasteiger partial charge in [-0.2, -0.15) is 0 Å². The van der Waals surface area contributed by atoms with Gasteiger partial charge in [0.2, 0.25) is 0 Å². The predicted octanol–water partition coefficient (Wildman–Crippen LogP) is 9.14. The summed E-state index contributed by atoms with van der Waals surface area (Å²) < 4.78 is 5.87. The highest BCUT2D eigenvalue weighted by atomic mass is 16.5. The van der Waals surface area contributed by atoms with Gasteiger partial charge in [-0.3, -0.25) is 0 Å². The number of benzene rings is 1. The second-order valence-corrected chi connectivity index (χ2v) is 10.3. The number of rotatable bonds is 12. The van der Waals surface area contributed by atoms with Gasteiger partial charge in [-0.1, -0.05) is 89.8 Å². The molecule has 0 spiro atoms. The third-order valence-corrected chi connectivity index (χ3v) is 7.74. The summed E-state index contributed by atoms with van der Waals surface area (Å²) in [7, 11) is 0. The molecule has 2 heteroatoms. The fraction of sp³-hybridized carbons (Fsp3) is 0.700. The fourth-order valence-corrected chi connectivity index (χ4v) is 5.61. The molecule has 178 valence electrons. The van der Waals surface area contributed by atoms with E-state index in [1.54, 1.807) is 0 Å². The van der Waals surface area contributed by atoms with Crippen LogP contribution < -0.4 is 0 Å². The first-order valence-electron chi connectivity index (χ1n) is 13.7. The molecule has 0 radical (unpaired) electrons. The zero-order valence-corrected chi connectivity index (χ0v) is 20.7. The standard InChI is InChI=1S/C30H46O2/c1-3-5-6-7-8-9-11-25-14-22-29(23-15-25)32-30(31)28-20-18-27(19-21-28)26-16-12-24(10-4-2)13-17-26/h16,18-21,24-25,29H,3-15,17,22-23H2,1-2H3/t24?,25-,29-. The van der Waals surface area contributed by atoms with Crippen molar-refractivity contribution in [3.63, 3.8) is 0 Å². The molecule has 32 heavy (non-hydrogen) atoms. The summed E-state index contributed by atoms with van der Waals surface area (Å²) in [6.07, 6.45) is 23.0. The van der Waals surface area contributed by atoms with Crippen LogP contribution in [-0.2, 0) is 4.74 Å². The van der Waals surface area contributed by atoms with Gasteiger partial charge in [0, 0.05) is 0 Å². The van der Waals surface area contributed by atoms with Crippen molar-refractivity contribution in [1.82, 2.24) is 0 Å². The van der Waals surface area contributed by atoms with E-state index in [0.717, 1.165) is 31.1 Å². The molecule has 2 aliphatic rings. The van der Waals surface area contributed by atoms with E-state index >= 15 is 0 Å². The minimum absolute atomic E-state index is 0.111. The zero-order chi connectivity index (χ0) is 22.6. The van der Waals surface area contributed by atoms with Crippen molar-refractivity contribution >= 4 is 11.5 Å². The van der Waals surface area contributed by atoms with Gasteiger partial charge in [-0.15, -0.1) is 0 Å². The Hall–Kier alpha value is -1.57. The van der Waals surface area contributed by atoms with Gasteiger partial charge in [-0.05, 0) is 80.1 Å². The molecule has 0 heterocycles. The normalized spacial score (nSPS) is 23.6. The lowest BCUT2D eigenvalue weighted by Gasteiger charge is -2.28. The van der Waals surface area contributed by atoms with Crippen LogP contribution in [0.5, 0.6) is 0 Å². The molecule has 1 aromatic rings. The summed E-state index contributed by atoms with van der Waals surface area (Å²) in [5.41, 5.74) is 3.41. The molecule has 0 aliphatic heterocycles. The van der Waals surface area contributed by atoms with Gasteiger partial charge in [0.15, 0.2) is 0 Å². The number of hydrogen-bond acceptors (Lipinski definition) is 2. The maximum atomic E-state index is 12.7. The number of unbranched alkanes of at least 4 members (excludes halogenated alkanes) is 5. The average Bonchev–Trinajstić information content (AvgIpc) is 2.83. The highest BCUT2D eigenvalue weighted by Crippen LogP contribution is 2.33. The van der Waals surface area contributed by atoms with E-state index in [2.05, 4.69) is 32.1 Å². The van der Waals surface area contributed by atoms with Gasteiger partial charge in [-0.25, -0.2) is 4.79 Å². The molecule has 1 saturated carbocycles. The smallest absolute Gasteiger partial charge is 0.338 e. The van der Waals surface area contributed by atoms with Gasteiger partial charge < -0.3 is 4.74 Å². The van der Waals surface area contributed by atoms with Gasteiger partial charge >= 0.3 is 5.97 Å². The van der Waals surface area contributed by atoms with Crippen molar-refractivity contribution in [3.05, 3.63) is 41.5 Å². The summed E-state index contributed by atoms with van der Waals surface area (Å²) in [6.45, 7) is 4.55. The first kappa shape index (κ1) is 25.1. The molecule has 1 fully saturated rings. The Bertz CT molecular complexity index is 694. The van der Waals surface area contributed by atoms with E-state index in [-0.39, 0.29) is 12.1 Å². The van der Waals surface area contributed by atoms with Crippen LogP contribution >= 0.6 is 0 Å². The van der Waals surface area contributed by atoms with Crippen molar-refractivity contribution in [1.29, 1.82) is 0 Å². The van der Waals surface area contributed by atoms with Crippen molar-refractivity contribution in [2.45, 2.75) is 123 Å². The van der Waals surface area contributed by atoms with Crippen LogP contribution in [0.4, 0.5) is 0 Å². The second-order valence-electron chi connectivity index (χ2n) is 10.3. The van der Waals surface area contributed by atoms with Crippen LogP contribution in [0.25, 0.3) is 5.57 Å². The Morgan fingerprint density at radius 1 is 0.812 bits per heavy atom. The van der Waals surface area contributed by atoms with Crippen LogP contribution in [0.15, 0.2) is 30.3 Å². The van der Waals surface area contributed by atoms with E-state index < -0.39 is 0 Å². The third kappa shape index (κ3) is 8.09. The number of hydrogen-bond donors (Lipinski definition) is 0. The molecule has 2 nitrogen and oxygen atoms in total. The van der Waals surface area contributed by atoms with Crippen LogP contribution in [0, 0.1) is 11.8 Å². The summed E-state index contributed by atoms with van der Waals surface area (Å²) >= 11 is 0. The third-order valence-electron chi connectivity index (χ3n) is 7.74. The molecular weight excluding hydrogens is 392 g/mol. The lowest BCUT2D eigenvalue weighted by molar-refractivity contribution is 0.0161. The van der Waals surface area contributed by atoms with Crippen molar-refractivity contribution in [2.24, 2.45) is 11.8 Å². The van der Waals surface area contributed by atoms with Gasteiger partial charge in [0.25, 0.3) is 0 Å². The fourth-order valence-electron chi connectivity index (χ4n) is 5.61. The van der Waals surface area contributed by atoms with Gasteiger partial charge in [0.05, 0.1) is 5.56 Å². The topological polar surface area (TPSA) is 26.3 Å². The van der Waals surface area contributed by atoms with Crippen LogP contribution in [0.1, 0.15) is 133 Å². The van der Waals surface area contributed by atoms with E-state index in [1.165, 1.54) is 94.6 Å². The molecule has 1 atom stereocenters. The maximum Gasteiger partial charge on any atom is 0.338 e.